The Morgan fingerprint density at radius 2 is 1.96 bits per heavy atom. The van der Waals surface area contributed by atoms with Crippen LogP contribution in [0.5, 0.6) is 0 Å². The predicted molar refractivity (Wildman–Crippen MR) is 88.1 cm³/mol. The monoisotopic (exact) mass is 354 g/mol. The first kappa shape index (κ1) is 17.7. The number of hydrogen-bond acceptors (Lipinski definition) is 6. The molecule has 6 nitrogen and oxygen atoms in total. The van der Waals surface area contributed by atoms with Crippen molar-refractivity contribution >= 4 is 5.97 Å². The fourth-order valence-electron chi connectivity index (χ4n) is 5.44. The lowest BCUT2D eigenvalue weighted by atomic mass is 9.60. The standard InChI is InChI=1S/C19H30O6/c1-5-6-15(20)21-11-17(3)14-8-7-12(2)13-9-10-18(4)23-16(22-17)19(13,14)25-24-18/h12-14,16H,5-11H2,1-4H3/t12-,13+,14+,16-,17?,18-,19-/m1/s1. The molecule has 1 unspecified atom stereocenters. The fraction of sp³-hybridized carbons (Fsp3) is 0.947. The Morgan fingerprint density at radius 1 is 1.16 bits per heavy atom. The molecule has 1 saturated carbocycles. The zero-order valence-electron chi connectivity index (χ0n) is 15.7. The third-order valence-corrected chi connectivity index (χ3v) is 6.81. The number of carbonyl (C=O) groups excluding carboxylic acids is 1. The van der Waals surface area contributed by atoms with Crippen LogP contribution in [0.1, 0.15) is 66.2 Å². The lowest BCUT2D eigenvalue weighted by Crippen LogP contribution is -2.62. The average Bonchev–Trinajstić information content (AvgIpc) is 2.66. The summed E-state index contributed by atoms with van der Waals surface area (Å²) < 4.78 is 18.2. The van der Waals surface area contributed by atoms with Crippen molar-refractivity contribution in [3.63, 3.8) is 0 Å². The summed E-state index contributed by atoms with van der Waals surface area (Å²) in [4.78, 5) is 23.7. The van der Waals surface area contributed by atoms with Crippen molar-refractivity contribution < 1.29 is 28.8 Å². The second kappa shape index (κ2) is 5.91. The molecule has 0 aromatic rings. The number of rotatable bonds is 4. The largest absolute Gasteiger partial charge is 0.463 e. The van der Waals surface area contributed by atoms with E-state index in [-0.39, 0.29) is 18.5 Å². The molecule has 4 saturated heterocycles. The van der Waals surface area contributed by atoms with Crippen LogP contribution < -0.4 is 0 Å². The average molecular weight is 354 g/mol. The van der Waals surface area contributed by atoms with Crippen molar-refractivity contribution in [2.45, 2.75) is 89.5 Å². The molecular formula is C19H30O6. The fourth-order valence-corrected chi connectivity index (χ4v) is 5.44. The highest BCUT2D eigenvalue weighted by molar-refractivity contribution is 5.69. The summed E-state index contributed by atoms with van der Waals surface area (Å²) in [6.45, 7) is 8.43. The maximum atomic E-state index is 11.9. The first-order valence-corrected chi connectivity index (χ1v) is 9.71. The van der Waals surface area contributed by atoms with Gasteiger partial charge in [0, 0.05) is 18.8 Å². The minimum atomic E-state index is -0.762. The van der Waals surface area contributed by atoms with E-state index in [0.717, 1.165) is 32.1 Å². The second-order valence-corrected chi connectivity index (χ2v) is 8.70. The normalized spacial score (nSPS) is 51.0. The minimum absolute atomic E-state index is 0.0864. The molecule has 25 heavy (non-hydrogen) atoms. The summed E-state index contributed by atoms with van der Waals surface area (Å²) >= 11 is 0. The van der Waals surface area contributed by atoms with Gasteiger partial charge in [-0.25, -0.2) is 9.78 Å². The van der Waals surface area contributed by atoms with Crippen LogP contribution in [0.15, 0.2) is 0 Å². The number of esters is 1. The van der Waals surface area contributed by atoms with Crippen LogP contribution in [0, 0.1) is 17.8 Å². The molecule has 1 spiro atoms. The summed E-state index contributed by atoms with van der Waals surface area (Å²) in [5.74, 6) is 0.00536. The van der Waals surface area contributed by atoms with Gasteiger partial charge in [0.2, 0.25) is 5.79 Å². The van der Waals surface area contributed by atoms with Crippen LogP contribution in [0.3, 0.4) is 0 Å². The molecule has 0 aromatic heterocycles. The van der Waals surface area contributed by atoms with Gasteiger partial charge < -0.3 is 14.2 Å². The minimum Gasteiger partial charge on any atom is -0.463 e. The van der Waals surface area contributed by atoms with Gasteiger partial charge in [-0.1, -0.05) is 13.8 Å². The maximum absolute atomic E-state index is 11.9. The van der Waals surface area contributed by atoms with Gasteiger partial charge in [0.05, 0.1) is 0 Å². The third kappa shape index (κ3) is 2.56. The van der Waals surface area contributed by atoms with Crippen molar-refractivity contribution in [1.82, 2.24) is 0 Å². The van der Waals surface area contributed by atoms with E-state index >= 15 is 0 Å². The summed E-state index contributed by atoms with van der Waals surface area (Å²) in [6.07, 6.45) is 4.62. The van der Waals surface area contributed by atoms with Gasteiger partial charge in [-0.15, -0.1) is 0 Å². The molecule has 4 aliphatic heterocycles. The van der Waals surface area contributed by atoms with Gasteiger partial charge >= 0.3 is 5.97 Å². The molecule has 0 amide bonds. The van der Waals surface area contributed by atoms with E-state index in [4.69, 9.17) is 24.0 Å². The van der Waals surface area contributed by atoms with E-state index in [1.54, 1.807) is 0 Å². The zero-order chi connectivity index (χ0) is 17.9. The molecule has 4 heterocycles. The highest BCUT2D eigenvalue weighted by atomic mass is 17.3. The second-order valence-electron chi connectivity index (χ2n) is 8.70. The number of hydrogen-bond donors (Lipinski definition) is 0. The first-order chi connectivity index (χ1) is 11.8. The molecule has 5 fully saturated rings. The Morgan fingerprint density at radius 3 is 2.72 bits per heavy atom. The molecule has 6 heteroatoms. The van der Waals surface area contributed by atoms with Crippen molar-refractivity contribution in [2.24, 2.45) is 17.8 Å². The van der Waals surface area contributed by atoms with Crippen LogP contribution in [0.25, 0.3) is 0 Å². The highest BCUT2D eigenvalue weighted by Gasteiger charge is 2.74. The van der Waals surface area contributed by atoms with Crippen LogP contribution in [0.2, 0.25) is 0 Å². The summed E-state index contributed by atoms with van der Waals surface area (Å²) in [5.41, 5.74) is -1.21. The summed E-state index contributed by atoms with van der Waals surface area (Å²) in [6, 6.07) is 0. The number of ether oxygens (including phenoxy) is 3. The first-order valence-electron chi connectivity index (χ1n) is 9.71. The van der Waals surface area contributed by atoms with Crippen molar-refractivity contribution in [3.05, 3.63) is 0 Å². The van der Waals surface area contributed by atoms with Gasteiger partial charge in [0.15, 0.2) is 11.9 Å². The Bertz CT molecular complexity index is 552. The van der Waals surface area contributed by atoms with Gasteiger partial charge in [-0.05, 0) is 51.4 Å². The van der Waals surface area contributed by atoms with Crippen molar-refractivity contribution in [3.8, 4) is 0 Å². The molecule has 0 aromatic carbocycles. The molecule has 2 bridgehead atoms. The third-order valence-electron chi connectivity index (χ3n) is 6.81. The lowest BCUT2D eigenvalue weighted by molar-refractivity contribution is -0.541. The van der Waals surface area contributed by atoms with E-state index < -0.39 is 23.3 Å². The smallest absolute Gasteiger partial charge is 0.305 e. The number of fused-ring (bicyclic) bond motifs is 2. The molecule has 0 radical (unpaired) electrons. The van der Waals surface area contributed by atoms with Gasteiger partial charge in [-0.3, -0.25) is 4.79 Å². The van der Waals surface area contributed by atoms with Crippen molar-refractivity contribution in [2.75, 3.05) is 6.61 Å². The molecule has 5 rings (SSSR count). The van der Waals surface area contributed by atoms with Crippen LogP contribution in [0.4, 0.5) is 0 Å². The quantitative estimate of drug-likeness (QED) is 0.570. The predicted octanol–water partition coefficient (Wildman–Crippen LogP) is 3.33. The Kier molecular flexibility index (Phi) is 4.19. The van der Waals surface area contributed by atoms with E-state index in [0.29, 0.717) is 18.3 Å². The Hall–Kier alpha value is -0.690. The van der Waals surface area contributed by atoms with E-state index in [2.05, 4.69) is 6.92 Å². The van der Waals surface area contributed by atoms with Crippen LogP contribution in [-0.4, -0.2) is 35.9 Å². The van der Waals surface area contributed by atoms with Crippen LogP contribution >= 0.6 is 0 Å². The maximum Gasteiger partial charge on any atom is 0.305 e. The molecule has 1 aliphatic carbocycles. The van der Waals surface area contributed by atoms with Crippen molar-refractivity contribution in [1.29, 1.82) is 0 Å². The number of carbonyl (C=O) groups is 1. The van der Waals surface area contributed by atoms with Gasteiger partial charge in [-0.2, -0.15) is 0 Å². The van der Waals surface area contributed by atoms with Crippen LogP contribution in [-0.2, 0) is 28.8 Å². The van der Waals surface area contributed by atoms with Gasteiger partial charge in [0.1, 0.15) is 12.2 Å². The molecule has 5 aliphatic rings. The Labute approximate surface area is 149 Å². The van der Waals surface area contributed by atoms with E-state index in [9.17, 15) is 4.79 Å². The van der Waals surface area contributed by atoms with E-state index in [1.807, 2.05) is 20.8 Å². The van der Waals surface area contributed by atoms with Gasteiger partial charge in [0.25, 0.3) is 0 Å². The summed E-state index contributed by atoms with van der Waals surface area (Å²) in [5, 5.41) is 0. The molecule has 0 N–H and O–H groups in total. The highest BCUT2D eigenvalue weighted by Crippen LogP contribution is 2.63. The Balaban J connectivity index is 1.63. The zero-order valence-corrected chi connectivity index (χ0v) is 15.7. The molecular weight excluding hydrogens is 324 g/mol. The SMILES string of the molecule is CCCC(=O)OCC1(C)O[C@@H]2O[C@@]3(C)CC[C@H]4[C@H](C)CC[C@@H]1[C@@]24OO3. The lowest BCUT2D eigenvalue weighted by Gasteiger charge is -2.50. The molecule has 7 atom stereocenters. The molecule has 142 valence electrons. The topological polar surface area (TPSA) is 63.2 Å². The summed E-state index contributed by atoms with van der Waals surface area (Å²) in [7, 11) is 0. The van der Waals surface area contributed by atoms with E-state index in [1.165, 1.54) is 0 Å².